The molecule has 1 aromatic rings. The summed E-state index contributed by atoms with van der Waals surface area (Å²) in [5.41, 5.74) is 0. The maximum atomic E-state index is 8.65. The predicted octanol–water partition coefficient (Wildman–Crippen LogP) is 3.15. The fourth-order valence-corrected chi connectivity index (χ4v) is 0.453. The van der Waals surface area contributed by atoms with Gasteiger partial charge in [0.25, 0.3) is 0 Å². The smallest absolute Gasteiger partial charge is 0.115 e. The normalized spacial score (nSPS) is 9.23. The van der Waals surface area contributed by atoms with Gasteiger partial charge in [0.1, 0.15) is 11.5 Å². The van der Waals surface area contributed by atoms with E-state index in [9.17, 15) is 0 Å². The van der Waals surface area contributed by atoms with Gasteiger partial charge in [0, 0.05) is 0 Å². The molecule has 0 atom stereocenters. The Morgan fingerprint density at radius 1 is 1.00 bits per heavy atom. The summed E-state index contributed by atoms with van der Waals surface area (Å²) >= 11 is 0. The minimum Gasteiger partial charge on any atom is -0.508 e. The third-order valence-electron chi connectivity index (χ3n) is 1.67. The molecule has 0 radical (unpaired) electrons. The molecule has 2 N–H and O–H groups in total. The van der Waals surface area contributed by atoms with Crippen LogP contribution < -0.4 is 0 Å². The minimum atomic E-state index is 0.169. The lowest BCUT2D eigenvalue weighted by Crippen LogP contribution is -1.77. The highest BCUT2D eigenvalue weighted by atomic mass is 16.3. The average molecular weight is 182 g/mol. The second kappa shape index (κ2) is 6.35. The first-order chi connectivity index (χ1) is 6.06. The summed E-state index contributed by atoms with van der Waals surface area (Å²) in [6, 6.07) is 5.70. The van der Waals surface area contributed by atoms with Crippen molar-refractivity contribution in [3.8, 4) is 11.5 Å². The van der Waals surface area contributed by atoms with Gasteiger partial charge < -0.3 is 10.2 Å². The van der Waals surface area contributed by atoms with Crippen molar-refractivity contribution in [2.75, 3.05) is 0 Å². The van der Waals surface area contributed by atoms with Crippen LogP contribution in [0.3, 0.4) is 0 Å². The molecular formula is C11H18O2. The summed E-state index contributed by atoms with van der Waals surface area (Å²) < 4.78 is 0. The largest absolute Gasteiger partial charge is 0.508 e. The van der Waals surface area contributed by atoms with Crippen molar-refractivity contribution in [3.05, 3.63) is 24.3 Å². The van der Waals surface area contributed by atoms with E-state index in [0.717, 1.165) is 5.92 Å². The zero-order valence-electron chi connectivity index (χ0n) is 8.49. The molecule has 0 saturated heterocycles. The molecule has 0 spiro atoms. The second-order valence-corrected chi connectivity index (χ2v) is 3.32. The van der Waals surface area contributed by atoms with Gasteiger partial charge in [0.05, 0.1) is 0 Å². The van der Waals surface area contributed by atoms with E-state index in [0.29, 0.717) is 0 Å². The summed E-state index contributed by atoms with van der Waals surface area (Å²) in [7, 11) is 0. The molecule has 2 heteroatoms. The summed E-state index contributed by atoms with van der Waals surface area (Å²) in [4.78, 5) is 0. The highest BCUT2D eigenvalue weighted by Crippen LogP contribution is 2.13. The van der Waals surface area contributed by atoms with Gasteiger partial charge in [-0.15, -0.1) is 0 Å². The molecule has 0 aliphatic carbocycles. The van der Waals surface area contributed by atoms with Gasteiger partial charge in [-0.25, -0.2) is 0 Å². The molecule has 0 heterocycles. The number of hydrogen-bond donors (Lipinski definition) is 2. The summed E-state index contributed by atoms with van der Waals surface area (Å²) in [5.74, 6) is 1.22. The molecule has 0 aliphatic heterocycles. The van der Waals surface area contributed by atoms with Crippen molar-refractivity contribution >= 4 is 0 Å². The first-order valence-corrected chi connectivity index (χ1v) is 4.54. The number of aromatic hydroxyl groups is 2. The van der Waals surface area contributed by atoms with Crippen molar-refractivity contribution in [1.82, 2.24) is 0 Å². The zero-order chi connectivity index (χ0) is 10.3. The van der Waals surface area contributed by atoms with Gasteiger partial charge in [-0.2, -0.15) is 0 Å². The third kappa shape index (κ3) is 7.19. The van der Waals surface area contributed by atoms with Crippen LogP contribution in [0.1, 0.15) is 27.2 Å². The van der Waals surface area contributed by atoms with Crippen molar-refractivity contribution in [3.63, 3.8) is 0 Å². The van der Waals surface area contributed by atoms with Gasteiger partial charge in [-0.05, 0) is 30.2 Å². The van der Waals surface area contributed by atoms with E-state index in [4.69, 9.17) is 10.2 Å². The lowest BCUT2D eigenvalue weighted by molar-refractivity contribution is 0.460. The van der Waals surface area contributed by atoms with Gasteiger partial charge in [-0.1, -0.05) is 27.2 Å². The van der Waals surface area contributed by atoms with Crippen LogP contribution in [-0.4, -0.2) is 10.2 Å². The average Bonchev–Trinajstić information content (AvgIpc) is 2.11. The second-order valence-electron chi connectivity index (χ2n) is 3.32. The number of hydrogen-bond acceptors (Lipinski definition) is 2. The van der Waals surface area contributed by atoms with E-state index in [1.165, 1.54) is 30.7 Å². The van der Waals surface area contributed by atoms with Gasteiger partial charge in [0.2, 0.25) is 0 Å². The van der Waals surface area contributed by atoms with Crippen LogP contribution >= 0.6 is 0 Å². The van der Waals surface area contributed by atoms with Crippen LogP contribution in [0.15, 0.2) is 24.3 Å². The third-order valence-corrected chi connectivity index (χ3v) is 1.67. The molecular weight excluding hydrogens is 164 g/mol. The SMILES string of the molecule is CCC(C)C.Oc1ccc(O)cc1. The van der Waals surface area contributed by atoms with E-state index in [2.05, 4.69) is 20.8 Å². The fraction of sp³-hybridized carbons (Fsp3) is 0.455. The molecule has 0 aliphatic rings. The highest BCUT2D eigenvalue weighted by molar-refractivity contribution is 5.28. The lowest BCUT2D eigenvalue weighted by atomic mass is 10.2. The fourth-order valence-electron chi connectivity index (χ4n) is 0.453. The number of rotatable bonds is 1. The van der Waals surface area contributed by atoms with Crippen LogP contribution in [0, 0.1) is 5.92 Å². The first kappa shape index (κ1) is 11.8. The Morgan fingerprint density at radius 3 is 1.38 bits per heavy atom. The quantitative estimate of drug-likeness (QED) is 0.655. The number of phenolic OH excluding ortho intramolecular Hbond substituents is 2. The Labute approximate surface area is 79.9 Å². The molecule has 0 unspecified atom stereocenters. The summed E-state index contributed by atoms with van der Waals surface area (Å²) in [5, 5.41) is 17.3. The predicted molar refractivity (Wildman–Crippen MR) is 54.9 cm³/mol. The molecule has 0 fully saturated rings. The standard InChI is InChI=1S/C6H6O2.C5H12/c7-5-1-2-6(8)4-3-5;1-4-5(2)3/h1-4,7-8H;5H,4H2,1-3H3. The molecule has 74 valence electrons. The Balaban J connectivity index is 0.000000252. The van der Waals surface area contributed by atoms with Gasteiger partial charge in [-0.3, -0.25) is 0 Å². The van der Waals surface area contributed by atoms with Crippen LogP contribution in [0.5, 0.6) is 11.5 Å². The monoisotopic (exact) mass is 182 g/mol. The van der Waals surface area contributed by atoms with Crippen molar-refractivity contribution < 1.29 is 10.2 Å². The number of benzene rings is 1. The van der Waals surface area contributed by atoms with E-state index >= 15 is 0 Å². The molecule has 0 aromatic heterocycles. The zero-order valence-corrected chi connectivity index (χ0v) is 8.49. The van der Waals surface area contributed by atoms with Crippen LogP contribution in [0.2, 0.25) is 0 Å². The lowest BCUT2D eigenvalue weighted by Gasteiger charge is -1.90. The van der Waals surface area contributed by atoms with E-state index in [-0.39, 0.29) is 11.5 Å². The maximum absolute atomic E-state index is 8.65. The Bertz CT molecular complexity index is 193. The van der Waals surface area contributed by atoms with Crippen molar-refractivity contribution in [2.24, 2.45) is 5.92 Å². The van der Waals surface area contributed by atoms with Gasteiger partial charge in [0.15, 0.2) is 0 Å². The van der Waals surface area contributed by atoms with E-state index in [1.54, 1.807) is 0 Å². The molecule has 0 bridgehead atoms. The summed E-state index contributed by atoms with van der Waals surface area (Å²) in [6.45, 7) is 6.64. The first-order valence-electron chi connectivity index (χ1n) is 4.54. The minimum absolute atomic E-state index is 0.169. The van der Waals surface area contributed by atoms with Crippen LogP contribution in [-0.2, 0) is 0 Å². The topological polar surface area (TPSA) is 40.5 Å². The van der Waals surface area contributed by atoms with E-state index in [1.807, 2.05) is 0 Å². The molecule has 0 saturated carbocycles. The Morgan fingerprint density at radius 2 is 1.23 bits per heavy atom. The summed E-state index contributed by atoms with van der Waals surface area (Å²) in [6.07, 6.45) is 1.31. The van der Waals surface area contributed by atoms with Crippen molar-refractivity contribution in [1.29, 1.82) is 0 Å². The number of phenols is 2. The van der Waals surface area contributed by atoms with Crippen LogP contribution in [0.4, 0.5) is 0 Å². The molecule has 13 heavy (non-hydrogen) atoms. The molecule has 2 nitrogen and oxygen atoms in total. The Kier molecular flexibility index (Phi) is 5.77. The van der Waals surface area contributed by atoms with Gasteiger partial charge >= 0.3 is 0 Å². The van der Waals surface area contributed by atoms with Crippen LogP contribution in [0.25, 0.3) is 0 Å². The van der Waals surface area contributed by atoms with Crippen molar-refractivity contribution in [2.45, 2.75) is 27.2 Å². The molecule has 1 aromatic carbocycles. The highest BCUT2D eigenvalue weighted by Gasteiger charge is 1.84. The Hall–Kier alpha value is -1.18. The molecule has 1 rings (SSSR count). The van der Waals surface area contributed by atoms with E-state index < -0.39 is 0 Å². The molecule has 0 amide bonds. The maximum Gasteiger partial charge on any atom is 0.115 e.